The molecule has 0 saturated heterocycles. The minimum absolute atomic E-state index is 0.710. The summed E-state index contributed by atoms with van der Waals surface area (Å²) in [5.74, 6) is 0. The second-order valence-electron chi connectivity index (χ2n) is 12.6. The number of hydrogen-bond donors (Lipinski definition) is 4. The van der Waals surface area contributed by atoms with E-state index in [2.05, 4.69) is 48.0 Å². The van der Waals surface area contributed by atoms with Crippen molar-refractivity contribution in [2.75, 3.05) is 104 Å². The molecule has 0 aromatic carbocycles. The molecule has 49 heavy (non-hydrogen) atoms. The molecule has 0 aromatic heterocycles. The largest absolute Gasteiger partial charge is 0.334 e. The Labute approximate surface area is 305 Å². The molecule has 2 unspecified atom stereocenters. The lowest BCUT2D eigenvalue weighted by Crippen LogP contribution is -2.31. The first kappa shape index (κ1) is 48.9. The molecule has 0 heterocycles. The number of unbranched alkanes of at least 4 members (excludes halogenated alkanes) is 6. The van der Waals surface area contributed by atoms with E-state index in [0.717, 1.165) is 135 Å². The summed E-state index contributed by atoms with van der Waals surface area (Å²) in [7, 11) is -1.86. The number of rotatable bonds is 40. The smallest absolute Gasteiger partial charge is 0.171 e. The van der Waals surface area contributed by atoms with E-state index in [0.29, 0.717) is 39.4 Å². The van der Waals surface area contributed by atoms with Crippen molar-refractivity contribution >= 4 is 16.8 Å². The van der Waals surface area contributed by atoms with E-state index in [1.165, 1.54) is 25.7 Å². The molecule has 2 atom stereocenters. The van der Waals surface area contributed by atoms with Crippen molar-refractivity contribution in [2.24, 2.45) is 22.9 Å². The third-order valence-electron chi connectivity index (χ3n) is 7.99. The average molecular weight is 735 g/mol. The highest BCUT2D eigenvalue weighted by Crippen LogP contribution is 2.40. The van der Waals surface area contributed by atoms with E-state index < -0.39 is 16.8 Å². The quantitative estimate of drug-likeness (QED) is 0.0292. The predicted octanol–water partition coefficient (Wildman–Crippen LogP) is 7.12. The van der Waals surface area contributed by atoms with Crippen LogP contribution in [0.2, 0.25) is 0 Å². The van der Waals surface area contributed by atoms with Crippen molar-refractivity contribution < 1.29 is 18.1 Å². The summed E-state index contributed by atoms with van der Waals surface area (Å²) < 4.78 is 25.3. The van der Waals surface area contributed by atoms with Crippen LogP contribution in [0.15, 0.2) is 24.3 Å². The van der Waals surface area contributed by atoms with E-state index in [1.54, 1.807) is 0 Å². The SMILES string of the molecule is CCCC/C=C\CCOP(CCN(CCCN)CCCN)OCCCCCOP(CCN(CCCN)CCCN)OCC/C=C\CCCC. The summed E-state index contributed by atoms with van der Waals surface area (Å²) in [6, 6.07) is 0. The van der Waals surface area contributed by atoms with Crippen molar-refractivity contribution in [1.29, 1.82) is 0 Å². The number of nitrogens with zero attached hydrogens (tertiary/aromatic N) is 2. The average Bonchev–Trinajstić information content (AvgIpc) is 3.11. The van der Waals surface area contributed by atoms with E-state index in [1.807, 2.05) is 0 Å². The first-order chi connectivity index (χ1) is 24.1. The summed E-state index contributed by atoms with van der Waals surface area (Å²) in [5, 5.41) is 0. The summed E-state index contributed by atoms with van der Waals surface area (Å²) in [6.45, 7) is 16.1. The molecule has 0 bridgehead atoms. The second-order valence-corrected chi connectivity index (χ2v) is 15.8. The zero-order valence-corrected chi connectivity index (χ0v) is 33.7. The molecule has 0 aliphatic rings. The third kappa shape index (κ3) is 34.8. The minimum atomic E-state index is -0.932. The van der Waals surface area contributed by atoms with Crippen molar-refractivity contribution in [3.05, 3.63) is 24.3 Å². The third-order valence-corrected chi connectivity index (χ3v) is 11.0. The van der Waals surface area contributed by atoms with Crippen molar-refractivity contribution in [3.8, 4) is 0 Å². The van der Waals surface area contributed by atoms with Crippen molar-refractivity contribution in [3.63, 3.8) is 0 Å². The van der Waals surface area contributed by atoms with E-state index in [4.69, 9.17) is 41.0 Å². The molecule has 0 radical (unpaired) electrons. The van der Waals surface area contributed by atoms with Gasteiger partial charge in [0.2, 0.25) is 0 Å². The Hall–Kier alpha value is -0.0600. The highest BCUT2D eigenvalue weighted by atomic mass is 31.2. The van der Waals surface area contributed by atoms with Crippen LogP contribution < -0.4 is 22.9 Å². The summed E-state index contributed by atoms with van der Waals surface area (Å²) in [6.07, 6.45) is 27.1. The Morgan fingerprint density at radius 2 is 0.755 bits per heavy atom. The molecule has 0 amide bonds. The highest BCUT2D eigenvalue weighted by Gasteiger charge is 2.15. The second kappa shape index (κ2) is 40.7. The molecule has 12 heteroatoms. The molecule has 0 aromatic rings. The van der Waals surface area contributed by atoms with Gasteiger partial charge in [-0.25, -0.2) is 0 Å². The van der Waals surface area contributed by atoms with Crippen LogP contribution in [-0.2, 0) is 18.1 Å². The van der Waals surface area contributed by atoms with Gasteiger partial charge in [0.15, 0.2) is 16.8 Å². The molecule has 0 fully saturated rings. The van der Waals surface area contributed by atoms with Gasteiger partial charge < -0.3 is 50.8 Å². The van der Waals surface area contributed by atoms with Gasteiger partial charge in [0.1, 0.15) is 0 Å². The molecular formula is C37H80N6O4P2. The van der Waals surface area contributed by atoms with E-state index in [-0.39, 0.29) is 0 Å². The van der Waals surface area contributed by atoms with Crippen LogP contribution in [0, 0.1) is 0 Å². The van der Waals surface area contributed by atoms with Gasteiger partial charge in [-0.05, 0) is 123 Å². The predicted molar refractivity (Wildman–Crippen MR) is 215 cm³/mol. The normalized spacial score (nSPS) is 13.6. The Bertz CT molecular complexity index is 642. The van der Waals surface area contributed by atoms with Crippen LogP contribution >= 0.6 is 16.8 Å². The van der Waals surface area contributed by atoms with Crippen LogP contribution in [0.25, 0.3) is 0 Å². The Morgan fingerprint density at radius 1 is 0.408 bits per heavy atom. The van der Waals surface area contributed by atoms with Gasteiger partial charge >= 0.3 is 0 Å². The lowest BCUT2D eigenvalue weighted by molar-refractivity contribution is 0.226. The molecule has 0 aliphatic carbocycles. The number of nitrogens with two attached hydrogens (primary N) is 4. The fourth-order valence-electron chi connectivity index (χ4n) is 4.98. The summed E-state index contributed by atoms with van der Waals surface area (Å²) in [4.78, 5) is 4.92. The van der Waals surface area contributed by atoms with Gasteiger partial charge in [-0.2, -0.15) is 0 Å². The van der Waals surface area contributed by atoms with Gasteiger partial charge in [-0.3, -0.25) is 0 Å². The maximum atomic E-state index is 6.36. The van der Waals surface area contributed by atoms with Gasteiger partial charge in [0, 0.05) is 25.4 Å². The molecule has 0 spiro atoms. The van der Waals surface area contributed by atoms with E-state index in [9.17, 15) is 0 Å². The van der Waals surface area contributed by atoms with Gasteiger partial charge in [-0.1, -0.05) is 63.8 Å². The first-order valence-electron chi connectivity index (χ1n) is 19.8. The number of hydrogen-bond acceptors (Lipinski definition) is 10. The molecule has 0 saturated carbocycles. The van der Waals surface area contributed by atoms with Gasteiger partial charge in [-0.15, -0.1) is 0 Å². The van der Waals surface area contributed by atoms with Crippen LogP contribution in [0.1, 0.15) is 110 Å². The molecule has 0 rings (SSSR count). The van der Waals surface area contributed by atoms with Crippen LogP contribution in [0.3, 0.4) is 0 Å². The zero-order chi connectivity index (χ0) is 35.9. The minimum Gasteiger partial charge on any atom is -0.334 e. The summed E-state index contributed by atoms with van der Waals surface area (Å²) >= 11 is 0. The fraction of sp³-hybridized carbons (Fsp3) is 0.892. The maximum absolute atomic E-state index is 6.36. The molecule has 8 N–H and O–H groups in total. The maximum Gasteiger partial charge on any atom is 0.171 e. The van der Waals surface area contributed by atoms with Crippen LogP contribution in [0.4, 0.5) is 0 Å². The van der Waals surface area contributed by atoms with Crippen LogP contribution in [-0.4, -0.2) is 114 Å². The summed E-state index contributed by atoms with van der Waals surface area (Å²) in [5.41, 5.74) is 23.2. The van der Waals surface area contributed by atoms with Gasteiger partial charge in [0.25, 0.3) is 0 Å². The Kier molecular flexibility index (Phi) is 40.7. The Morgan fingerprint density at radius 3 is 1.10 bits per heavy atom. The van der Waals surface area contributed by atoms with Crippen LogP contribution in [0.5, 0.6) is 0 Å². The van der Waals surface area contributed by atoms with Crippen molar-refractivity contribution in [2.45, 2.75) is 110 Å². The first-order valence-corrected chi connectivity index (χ1v) is 22.5. The van der Waals surface area contributed by atoms with Crippen molar-refractivity contribution in [1.82, 2.24) is 9.80 Å². The monoisotopic (exact) mass is 735 g/mol. The lowest BCUT2D eigenvalue weighted by atomic mass is 10.2. The highest BCUT2D eigenvalue weighted by molar-refractivity contribution is 7.47. The topological polar surface area (TPSA) is 147 Å². The molecule has 10 nitrogen and oxygen atoms in total. The van der Waals surface area contributed by atoms with E-state index >= 15 is 0 Å². The zero-order valence-electron chi connectivity index (χ0n) is 32.0. The fourth-order valence-corrected chi connectivity index (χ4v) is 7.82. The molecule has 0 aliphatic heterocycles. The number of allylic oxidation sites excluding steroid dienone is 2. The molecular weight excluding hydrogens is 654 g/mol. The molecule has 292 valence electrons. The van der Waals surface area contributed by atoms with Gasteiger partial charge in [0.05, 0.1) is 26.4 Å². The standard InChI is InChI=1S/C37H80N6O4P2/c1-3-5-7-9-11-14-32-44-48(36-30-42(26-18-22-38)27-19-23-39)46-34-16-13-17-35-47-49(45-33-15-12-10-8-6-4-2)37-31-43(28-20-24-40)29-21-25-41/h9-12H,3-8,13-41H2,1-2H3/b11-9-,12-10-. The lowest BCUT2D eigenvalue weighted by Gasteiger charge is -2.25. The Balaban J connectivity index is 4.79.